The lowest BCUT2D eigenvalue weighted by molar-refractivity contribution is -0.130. The van der Waals surface area contributed by atoms with E-state index in [0.29, 0.717) is 11.3 Å². The highest BCUT2D eigenvalue weighted by Crippen LogP contribution is 2.38. The van der Waals surface area contributed by atoms with E-state index in [1.807, 2.05) is 4.90 Å². The Bertz CT molecular complexity index is 472. The normalized spacial score (nSPS) is 27.7. The first-order valence-corrected chi connectivity index (χ1v) is 9.48. The zero-order valence-electron chi connectivity index (χ0n) is 15.6. The van der Waals surface area contributed by atoms with Gasteiger partial charge >= 0.3 is 0 Å². The number of guanidine groups is 1. The quantitative estimate of drug-likeness (QED) is 0.394. The van der Waals surface area contributed by atoms with E-state index < -0.39 is 0 Å². The van der Waals surface area contributed by atoms with Gasteiger partial charge in [-0.2, -0.15) is 0 Å². The standard InChI is InChI=1S/C18H32N4O2.HI/c1-3-19-17(22-10-6-18(13-22)7-11-24-14-18)20-12-16-4-8-21(9-5-16)15(2)23;/h16H,3-14H2,1-2H3,(H,19,20);1H. The van der Waals surface area contributed by atoms with E-state index in [1.165, 1.54) is 12.8 Å². The Hall–Kier alpha value is -0.570. The van der Waals surface area contributed by atoms with E-state index in [4.69, 9.17) is 9.73 Å². The first-order chi connectivity index (χ1) is 11.6. The van der Waals surface area contributed by atoms with Gasteiger partial charge in [-0.15, -0.1) is 24.0 Å². The summed E-state index contributed by atoms with van der Waals surface area (Å²) < 4.78 is 5.64. The molecule has 6 nitrogen and oxygen atoms in total. The van der Waals surface area contributed by atoms with Gasteiger partial charge < -0.3 is 19.9 Å². The van der Waals surface area contributed by atoms with Gasteiger partial charge in [0.05, 0.1) is 6.61 Å². The molecule has 7 heteroatoms. The van der Waals surface area contributed by atoms with Crippen molar-refractivity contribution in [3.63, 3.8) is 0 Å². The Morgan fingerprint density at radius 2 is 2.00 bits per heavy atom. The van der Waals surface area contributed by atoms with Crippen molar-refractivity contribution in [2.75, 3.05) is 52.5 Å². The molecule has 3 fully saturated rings. The molecule has 1 spiro atoms. The molecule has 3 saturated heterocycles. The van der Waals surface area contributed by atoms with Gasteiger partial charge in [-0.1, -0.05) is 0 Å². The molecule has 3 aliphatic rings. The minimum atomic E-state index is 0. The van der Waals surface area contributed by atoms with E-state index >= 15 is 0 Å². The van der Waals surface area contributed by atoms with E-state index in [-0.39, 0.29) is 29.9 Å². The first-order valence-electron chi connectivity index (χ1n) is 9.48. The van der Waals surface area contributed by atoms with Gasteiger partial charge in [-0.05, 0) is 38.5 Å². The number of carbonyl (C=O) groups excluding carboxylic acids is 1. The Balaban J connectivity index is 0.00000225. The van der Waals surface area contributed by atoms with Crippen molar-refractivity contribution in [3.05, 3.63) is 0 Å². The number of likely N-dealkylation sites (tertiary alicyclic amines) is 2. The number of nitrogens with one attached hydrogen (secondary N) is 1. The van der Waals surface area contributed by atoms with Crippen molar-refractivity contribution in [3.8, 4) is 0 Å². The fraction of sp³-hybridized carbons (Fsp3) is 0.889. The molecule has 3 heterocycles. The van der Waals surface area contributed by atoms with Crippen molar-refractivity contribution in [1.82, 2.24) is 15.1 Å². The minimum absolute atomic E-state index is 0. The lowest BCUT2D eigenvalue weighted by Crippen LogP contribution is -2.42. The Labute approximate surface area is 168 Å². The van der Waals surface area contributed by atoms with Crippen LogP contribution in [0.4, 0.5) is 0 Å². The van der Waals surface area contributed by atoms with Gasteiger partial charge in [0.25, 0.3) is 0 Å². The van der Waals surface area contributed by atoms with Crippen LogP contribution < -0.4 is 5.32 Å². The van der Waals surface area contributed by atoms with Crippen LogP contribution in [0.15, 0.2) is 4.99 Å². The van der Waals surface area contributed by atoms with E-state index in [0.717, 1.165) is 71.3 Å². The highest BCUT2D eigenvalue weighted by molar-refractivity contribution is 14.0. The molecule has 1 amide bonds. The molecule has 0 aromatic heterocycles. The molecule has 3 rings (SSSR count). The van der Waals surface area contributed by atoms with Crippen LogP contribution in [0.2, 0.25) is 0 Å². The summed E-state index contributed by atoms with van der Waals surface area (Å²) in [6.07, 6.45) is 4.54. The molecule has 3 aliphatic heterocycles. The van der Waals surface area contributed by atoms with Gasteiger partial charge in [0.1, 0.15) is 0 Å². The molecular weight excluding hydrogens is 431 g/mol. The summed E-state index contributed by atoms with van der Waals surface area (Å²) in [5.41, 5.74) is 0.364. The van der Waals surface area contributed by atoms with Gasteiger partial charge in [0.15, 0.2) is 5.96 Å². The molecule has 0 radical (unpaired) electrons. The summed E-state index contributed by atoms with van der Waals surface area (Å²) in [6.45, 7) is 11.3. The highest BCUT2D eigenvalue weighted by atomic mass is 127. The summed E-state index contributed by atoms with van der Waals surface area (Å²) in [5, 5.41) is 3.47. The number of carbonyl (C=O) groups is 1. The van der Waals surface area contributed by atoms with Crippen LogP contribution in [-0.4, -0.2) is 74.1 Å². The van der Waals surface area contributed by atoms with Crippen LogP contribution in [-0.2, 0) is 9.53 Å². The van der Waals surface area contributed by atoms with Gasteiger partial charge in [-0.25, -0.2) is 0 Å². The van der Waals surface area contributed by atoms with E-state index in [1.54, 1.807) is 6.92 Å². The second kappa shape index (κ2) is 9.39. The van der Waals surface area contributed by atoms with Crippen LogP contribution >= 0.6 is 24.0 Å². The molecule has 1 unspecified atom stereocenters. The summed E-state index contributed by atoms with van der Waals surface area (Å²) in [6, 6.07) is 0. The molecule has 0 aliphatic carbocycles. The SMILES string of the molecule is CCNC(=NCC1CCN(C(C)=O)CC1)N1CCC2(CCOC2)C1.I. The summed E-state index contributed by atoms with van der Waals surface area (Å²) in [4.78, 5) is 20.7. The number of halogens is 1. The number of hydrogen-bond donors (Lipinski definition) is 1. The summed E-state index contributed by atoms with van der Waals surface area (Å²) >= 11 is 0. The van der Waals surface area contributed by atoms with Crippen LogP contribution in [0.3, 0.4) is 0 Å². The Kier molecular flexibility index (Phi) is 7.79. The average Bonchev–Trinajstić information content (AvgIpc) is 3.22. The van der Waals surface area contributed by atoms with Crippen LogP contribution in [0.5, 0.6) is 0 Å². The monoisotopic (exact) mass is 464 g/mol. The van der Waals surface area contributed by atoms with Gasteiger partial charge in [0, 0.05) is 58.2 Å². The van der Waals surface area contributed by atoms with Crippen LogP contribution in [0.1, 0.15) is 39.5 Å². The molecule has 144 valence electrons. The highest BCUT2D eigenvalue weighted by Gasteiger charge is 2.42. The van der Waals surface area contributed by atoms with Crippen molar-refractivity contribution in [1.29, 1.82) is 0 Å². The summed E-state index contributed by atoms with van der Waals surface area (Å²) in [5.74, 6) is 1.86. The number of aliphatic imine (C=N–C) groups is 1. The van der Waals surface area contributed by atoms with Gasteiger partial charge in [-0.3, -0.25) is 9.79 Å². The lowest BCUT2D eigenvalue weighted by atomic mass is 9.87. The van der Waals surface area contributed by atoms with E-state index in [9.17, 15) is 4.79 Å². The number of amides is 1. The van der Waals surface area contributed by atoms with Crippen LogP contribution in [0.25, 0.3) is 0 Å². The second-order valence-corrected chi connectivity index (χ2v) is 7.62. The molecule has 0 saturated carbocycles. The van der Waals surface area contributed by atoms with Crippen molar-refractivity contribution in [2.45, 2.75) is 39.5 Å². The predicted octanol–water partition coefficient (Wildman–Crippen LogP) is 1.94. The largest absolute Gasteiger partial charge is 0.381 e. The number of nitrogens with zero attached hydrogens (tertiary/aromatic N) is 3. The number of rotatable bonds is 3. The van der Waals surface area contributed by atoms with Crippen molar-refractivity contribution in [2.24, 2.45) is 16.3 Å². The molecule has 0 aromatic carbocycles. The lowest BCUT2D eigenvalue weighted by Gasteiger charge is -2.31. The topological polar surface area (TPSA) is 57.2 Å². The fourth-order valence-corrected chi connectivity index (χ4v) is 4.16. The number of ether oxygens (including phenoxy) is 1. The molecule has 0 aromatic rings. The second-order valence-electron chi connectivity index (χ2n) is 7.62. The predicted molar refractivity (Wildman–Crippen MR) is 110 cm³/mol. The zero-order valence-corrected chi connectivity index (χ0v) is 18.0. The molecule has 1 N–H and O–H groups in total. The maximum atomic E-state index is 11.4. The van der Waals surface area contributed by atoms with Crippen LogP contribution in [0, 0.1) is 11.3 Å². The molecular formula is C18H33IN4O2. The maximum Gasteiger partial charge on any atom is 0.219 e. The summed E-state index contributed by atoms with van der Waals surface area (Å²) in [7, 11) is 0. The minimum Gasteiger partial charge on any atom is -0.381 e. The average molecular weight is 464 g/mol. The molecule has 1 atom stereocenters. The third-order valence-corrected chi connectivity index (χ3v) is 5.82. The Morgan fingerprint density at radius 3 is 2.60 bits per heavy atom. The van der Waals surface area contributed by atoms with Crippen molar-refractivity contribution >= 4 is 35.8 Å². The molecule has 25 heavy (non-hydrogen) atoms. The molecule has 0 bridgehead atoms. The number of hydrogen-bond acceptors (Lipinski definition) is 3. The third kappa shape index (κ3) is 5.21. The zero-order chi connectivity index (χ0) is 17.0. The van der Waals surface area contributed by atoms with Crippen molar-refractivity contribution < 1.29 is 9.53 Å². The first kappa shape index (κ1) is 20.7. The third-order valence-electron chi connectivity index (χ3n) is 5.82. The number of piperidine rings is 1. The fourth-order valence-electron chi connectivity index (χ4n) is 4.16. The van der Waals surface area contributed by atoms with Gasteiger partial charge in [0.2, 0.25) is 5.91 Å². The van der Waals surface area contributed by atoms with E-state index in [2.05, 4.69) is 17.1 Å². The maximum absolute atomic E-state index is 11.4. The Morgan fingerprint density at radius 1 is 1.24 bits per heavy atom. The smallest absolute Gasteiger partial charge is 0.219 e.